The molecule has 1 aromatic carbocycles. The summed E-state index contributed by atoms with van der Waals surface area (Å²) < 4.78 is 0. The summed E-state index contributed by atoms with van der Waals surface area (Å²) in [6.07, 6.45) is 1.50. The Balaban J connectivity index is 2.42. The zero-order valence-corrected chi connectivity index (χ0v) is 9.09. The van der Waals surface area contributed by atoms with Crippen LogP contribution in [0.3, 0.4) is 0 Å². The lowest BCUT2D eigenvalue weighted by Crippen LogP contribution is -2.43. The van der Waals surface area contributed by atoms with E-state index in [1.807, 2.05) is 0 Å². The van der Waals surface area contributed by atoms with Crippen LogP contribution in [0.5, 0.6) is 5.75 Å². The van der Waals surface area contributed by atoms with E-state index in [4.69, 9.17) is 11.6 Å². The molecule has 4 heteroatoms. The quantitative estimate of drug-likeness (QED) is 0.684. The summed E-state index contributed by atoms with van der Waals surface area (Å²) in [7, 11) is 0. The van der Waals surface area contributed by atoms with Gasteiger partial charge in [-0.3, -0.25) is 0 Å². The van der Waals surface area contributed by atoms with Gasteiger partial charge in [-0.25, -0.2) is 0 Å². The fraction of sp³-hybridized carbons (Fsp3) is 0.455. The molecule has 0 bridgehead atoms. The van der Waals surface area contributed by atoms with Crippen LogP contribution in [0.2, 0.25) is 5.02 Å². The van der Waals surface area contributed by atoms with Crippen molar-refractivity contribution in [3.8, 4) is 5.75 Å². The number of piperidine rings is 1. The van der Waals surface area contributed by atoms with Gasteiger partial charge < -0.3 is 15.5 Å². The van der Waals surface area contributed by atoms with Gasteiger partial charge >= 0.3 is 0 Å². The normalized spacial score (nSPS) is 26.5. The number of rotatable bonds is 1. The first-order chi connectivity index (χ1) is 7.13. The summed E-state index contributed by atoms with van der Waals surface area (Å²) in [5.41, 5.74) is -0.598. The average Bonchev–Trinajstić information content (AvgIpc) is 2.18. The SMILES string of the molecule is Oc1cccc(Cl)c1C1(O)CCCNC1. The first-order valence-corrected chi connectivity index (χ1v) is 5.42. The molecule has 3 nitrogen and oxygen atoms in total. The zero-order chi connectivity index (χ0) is 10.9. The predicted molar refractivity (Wildman–Crippen MR) is 59.1 cm³/mol. The van der Waals surface area contributed by atoms with Crippen LogP contribution in [0.4, 0.5) is 0 Å². The molecule has 1 aliphatic rings. The molecule has 1 aliphatic heterocycles. The van der Waals surface area contributed by atoms with Crippen LogP contribution in [0.15, 0.2) is 18.2 Å². The Morgan fingerprint density at radius 2 is 2.20 bits per heavy atom. The second-order valence-corrected chi connectivity index (χ2v) is 4.35. The highest BCUT2D eigenvalue weighted by molar-refractivity contribution is 6.31. The van der Waals surface area contributed by atoms with Gasteiger partial charge in [0.1, 0.15) is 11.4 Å². The molecular weight excluding hydrogens is 214 g/mol. The number of halogens is 1. The van der Waals surface area contributed by atoms with Gasteiger partial charge in [0, 0.05) is 12.1 Å². The van der Waals surface area contributed by atoms with Gasteiger partial charge in [-0.05, 0) is 31.5 Å². The van der Waals surface area contributed by atoms with Crippen molar-refractivity contribution < 1.29 is 10.2 Å². The summed E-state index contributed by atoms with van der Waals surface area (Å²) in [5.74, 6) is 0.0636. The molecule has 1 heterocycles. The van der Waals surface area contributed by atoms with Gasteiger partial charge in [-0.15, -0.1) is 0 Å². The third-order valence-corrected chi connectivity index (χ3v) is 3.13. The first kappa shape index (κ1) is 10.7. The van der Waals surface area contributed by atoms with Gasteiger partial charge in [0.25, 0.3) is 0 Å². The average molecular weight is 228 g/mol. The number of hydrogen-bond acceptors (Lipinski definition) is 3. The molecule has 0 spiro atoms. The van der Waals surface area contributed by atoms with E-state index in [1.165, 1.54) is 0 Å². The molecule has 0 radical (unpaired) electrons. The van der Waals surface area contributed by atoms with E-state index in [0.29, 0.717) is 23.6 Å². The molecule has 1 atom stereocenters. The van der Waals surface area contributed by atoms with Crippen LogP contribution in [0, 0.1) is 0 Å². The maximum absolute atomic E-state index is 10.4. The van der Waals surface area contributed by atoms with Crippen molar-refractivity contribution in [2.75, 3.05) is 13.1 Å². The summed E-state index contributed by atoms with van der Waals surface area (Å²) in [6.45, 7) is 1.33. The smallest absolute Gasteiger partial charge is 0.123 e. The van der Waals surface area contributed by atoms with Crippen LogP contribution in [-0.4, -0.2) is 23.3 Å². The van der Waals surface area contributed by atoms with Crippen LogP contribution in [0.25, 0.3) is 0 Å². The second kappa shape index (κ2) is 4.00. The van der Waals surface area contributed by atoms with Crippen LogP contribution >= 0.6 is 11.6 Å². The fourth-order valence-electron chi connectivity index (χ4n) is 2.08. The minimum Gasteiger partial charge on any atom is -0.508 e. The maximum Gasteiger partial charge on any atom is 0.123 e. The van der Waals surface area contributed by atoms with Crippen molar-refractivity contribution in [2.24, 2.45) is 0 Å². The van der Waals surface area contributed by atoms with Gasteiger partial charge in [0.15, 0.2) is 0 Å². The lowest BCUT2D eigenvalue weighted by atomic mass is 9.86. The van der Waals surface area contributed by atoms with Crippen LogP contribution in [-0.2, 0) is 5.60 Å². The highest BCUT2D eigenvalue weighted by Crippen LogP contribution is 2.38. The molecule has 0 aromatic heterocycles. The van der Waals surface area contributed by atoms with E-state index in [-0.39, 0.29) is 5.75 Å². The third kappa shape index (κ3) is 1.95. The molecule has 15 heavy (non-hydrogen) atoms. The van der Waals surface area contributed by atoms with Crippen molar-refractivity contribution in [1.29, 1.82) is 0 Å². The summed E-state index contributed by atoms with van der Waals surface area (Å²) in [5, 5.41) is 23.7. The number of nitrogens with one attached hydrogen (secondary N) is 1. The third-order valence-electron chi connectivity index (χ3n) is 2.82. The number of hydrogen-bond donors (Lipinski definition) is 3. The van der Waals surface area contributed by atoms with Crippen molar-refractivity contribution in [2.45, 2.75) is 18.4 Å². The van der Waals surface area contributed by atoms with Crippen LogP contribution in [0.1, 0.15) is 18.4 Å². The fourth-order valence-corrected chi connectivity index (χ4v) is 2.42. The molecule has 1 saturated heterocycles. The molecule has 0 aliphatic carbocycles. The topological polar surface area (TPSA) is 52.5 Å². The number of aromatic hydroxyl groups is 1. The van der Waals surface area contributed by atoms with Crippen LogP contribution < -0.4 is 5.32 Å². The van der Waals surface area contributed by atoms with Crippen molar-refractivity contribution in [3.05, 3.63) is 28.8 Å². The van der Waals surface area contributed by atoms with E-state index in [2.05, 4.69) is 5.32 Å². The number of phenols is 1. The van der Waals surface area contributed by atoms with Gasteiger partial charge in [0.05, 0.1) is 5.02 Å². The van der Waals surface area contributed by atoms with E-state index in [0.717, 1.165) is 13.0 Å². The Hall–Kier alpha value is -0.770. The highest BCUT2D eigenvalue weighted by Gasteiger charge is 2.35. The molecule has 3 N–H and O–H groups in total. The zero-order valence-electron chi connectivity index (χ0n) is 8.33. The number of β-amino-alcohol motifs (C(OH)–C–C–N with tert-alkyl or cyclic N) is 1. The maximum atomic E-state index is 10.4. The Morgan fingerprint density at radius 1 is 1.40 bits per heavy atom. The summed E-state index contributed by atoms with van der Waals surface area (Å²) in [4.78, 5) is 0. The Bertz CT molecular complexity index is 341. The monoisotopic (exact) mass is 227 g/mol. The Labute approximate surface area is 93.7 Å². The Kier molecular flexibility index (Phi) is 2.87. The predicted octanol–water partition coefficient (Wildman–Crippen LogP) is 1.62. The molecule has 82 valence electrons. The molecule has 1 fully saturated rings. The molecule has 1 aromatic rings. The number of phenolic OH excluding ortho intramolecular Hbond substituents is 1. The van der Waals surface area contributed by atoms with Gasteiger partial charge in [-0.2, -0.15) is 0 Å². The largest absolute Gasteiger partial charge is 0.508 e. The van der Waals surface area contributed by atoms with E-state index in [9.17, 15) is 10.2 Å². The van der Waals surface area contributed by atoms with Crippen molar-refractivity contribution in [3.63, 3.8) is 0 Å². The molecule has 0 saturated carbocycles. The molecule has 2 rings (SSSR count). The van der Waals surface area contributed by atoms with E-state index >= 15 is 0 Å². The van der Waals surface area contributed by atoms with Gasteiger partial charge in [0.2, 0.25) is 0 Å². The van der Waals surface area contributed by atoms with Crippen molar-refractivity contribution >= 4 is 11.6 Å². The first-order valence-electron chi connectivity index (χ1n) is 5.04. The molecule has 1 unspecified atom stereocenters. The van der Waals surface area contributed by atoms with Gasteiger partial charge in [-0.1, -0.05) is 17.7 Å². The molecule has 0 amide bonds. The standard InChI is InChI=1S/C11H14ClNO2/c12-8-3-1-4-9(14)10(8)11(15)5-2-6-13-7-11/h1,3-4,13-15H,2,5-7H2. The molecular formula is C11H14ClNO2. The van der Waals surface area contributed by atoms with E-state index < -0.39 is 5.60 Å². The minimum atomic E-state index is -1.04. The number of aliphatic hydroxyl groups is 1. The summed E-state index contributed by atoms with van der Waals surface area (Å²) >= 11 is 6.00. The lowest BCUT2D eigenvalue weighted by molar-refractivity contribution is 0.0104. The summed E-state index contributed by atoms with van der Waals surface area (Å²) in [6, 6.07) is 4.90. The minimum absolute atomic E-state index is 0.0636. The Morgan fingerprint density at radius 3 is 2.80 bits per heavy atom. The second-order valence-electron chi connectivity index (χ2n) is 3.95. The highest BCUT2D eigenvalue weighted by atomic mass is 35.5. The van der Waals surface area contributed by atoms with E-state index in [1.54, 1.807) is 18.2 Å². The number of benzene rings is 1. The lowest BCUT2D eigenvalue weighted by Gasteiger charge is -2.34. The van der Waals surface area contributed by atoms with Crippen molar-refractivity contribution in [1.82, 2.24) is 5.32 Å².